The molecule has 0 unspecified atom stereocenters. The van der Waals surface area contributed by atoms with Crippen molar-refractivity contribution in [3.8, 4) is 0 Å². The Morgan fingerprint density at radius 1 is 1.26 bits per heavy atom. The maximum atomic E-state index is 12.4. The molecule has 19 heavy (non-hydrogen) atoms. The van der Waals surface area contributed by atoms with Crippen LogP contribution in [0.4, 0.5) is 5.69 Å². The standard InChI is InChI=1S/C16H24N2O/c1-11-9-17-10-12(11)15(19)18-14-8-6-5-7-13(14)16(2,3)4/h5-8,11-12,17H,9-10H2,1-4H3,(H,18,19)/t11-,12-/m1/s1. The lowest BCUT2D eigenvalue weighted by Crippen LogP contribution is -2.29. The lowest BCUT2D eigenvalue weighted by molar-refractivity contribution is -0.120. The highest BCUT2D eigenvalue weighted by molar-refractivity contribution is 5.94. The summed E-state index contributed by atoms with van der Waals surface area (Å²) in [5.41, 5.74) is 2.16. The van der Waals surface area contributed by atoms with Gasteiger partial charge in [0.15, 0.2) is 0 Å². The van der Waals surface area contributed by atoms with Crippen LogP contribution in [0.1, 0.15) is 33.3 Å². The average molecular weight is 260 g/mol. The number of nitrogens with one attached hydrogen (secondary N) is 2. The van der Waals surface area contributed by atoms with Gasteiger partial charge in [0.1, 0.15) is 0 Å². The van der Waals surface area contributed by atoms with Gasteiger partial charge in [0.25, 0.3) is 0 Å². The first-order valence-corrected chi connectivity index (χ1v) is 7.00. The number of carbonyl (C=O) groups is 1. The van der Waals surface area contributed by atoms with Crippen molar-refractivity contribution in [1.82, 2.24) is 5.32 Å². The second-order valence-corrected chi connectivity index (χ2v) is 6.53. The Bertz CT molecular complexity index is 462. The van der Waals surface area contributed by atoms with Crippen molar-refractivity contribution >= 4 is 11.6 Å². The number of benzene rings is 1. The molecule has 0 saturated carbocycles. The van der Waals surface area contributed by atoms with Gasteiger partial charge in [0.05, 0.1) is 5.92 Å². The summed E-state index contributed by atoms with van der Waals surface area (Å²) >= 11 is 0. The molecule has 3 nitrogen and oxygen atoms in total. The smallest absolute Gasteiger partial charge is 0.229 e. The van der Waals surface area contributed by atoms with E-state index in [9.17, 15) is 4.79 Å². The summed E-state index contributed by atoms with van der Waals surface area (Å²) in [6, 6.07) is 8.08. The topological polar surface area (TPSA) is 41.1 Å². The minimum absolute atomic E-state index is 0.0312. The first-order valence-electron chi connectivity index (χ1n) is 7.00. The van der Waals surface area contributed by atoms with Crippen LogP contribution in [-0.2, 0) is 10.2 Å². The van der Waals surface area contributed by atoms with Crippen molar-refractivity contribution in [3.63, 3.8) is 0 Å². The molecule has 1 amide bonds. The number of anilines is 1. The molecular weight excluding hydrogens is 236 g/mol. The monoisotopic (exact) mass is 260 g/mol. The Morgan fingerprint density at radius 3 is 2.53 bits per heavy atom. The van der Waals surface area contributed by atoms with Crippen LogP contribution in [0, 0.1) is 11.8 Å². The van der Waals surface area contributed by atoms with Gasteiger partial charge in [-0.3, -0.25) is 4.79 Å². The van der Waals surface area contributed by atoms with Crippen LogP contribution < -0.4 is 10.6 Å². The summed E-state index contributed by atoms with van der Waals surface area (Å²) < 4.78 is 0. The number of rotatable bonds is 2. The van der Waals surface area contributed by atoms with Crippen LogP contribution in [-0.4, -0.2) is 19.0 Å². The Kier molecular flexibility index (Phi) is 3.95. The summed E-state index contributed by atoms with van der Waals surface area (Å²) in [4.78, 5) is 12.4. The Labute approximate surface area is 115 Å². The normalized spacial score (nSPS) is 23.4. The molecule has 1 fully saturated rings. The summed E-state index contributed by atoms with van der Waals surface area (Å²) in [5, 5.41) is 6.38. The predicted molar refractivity (Wildman–Crippen MR) is 79.3 cm³/mol. The van der Waals surface area contributed by atoms with Gasteiger partial charge >= 0.3 is 0 Å². The molecule has 3 heteroatoms. The van der Waals surface area contributed by atoms with E-state index in [0.717, 1.165) is 18.8 Å². The van der Waals surface area contributed by atoms with Gasteiger partial charge in [-0.05, 0) is 29.5 Å². The van der Waals surface area contributed by atoms with Crippen molar-refractivity contribution in [1.29, 1.82) is 0 Å². The highest BCUT2D eigenvalue weighted by Crippen LogP contribution is 2.30. The second kappa shape index (κ2) is 5.33. The fourth-order valence-corrected chi connectivity index (χ4v) is 2.63. The minimum Gasteiger partial charge on any atom is -0.326 e. The number of carbonyl (C=O) groups excluding carboxylic acids is 1. The van der Waals surface area contributed by atoms with Crippen LogP contribution in [0.2, 0.25) is 0 Å². The fourth-order valence-electron chi connectivity index (χ4n) is 2.63. The molecule has 1 saturated heterocycles. The van der Waals surface area contributed by atoms with Gasteiger partial charge in [-0.1, -0.05) is 45.9 Å². The molecule has 2 rings (SSSR count). The van der Waals surface area contributed by atoms with Crippen LogP contribution in [0.5, 0.6) is 0 Å². The third-order valence-electron chi connectivity index (χ3n) is 3.85. The number of hydrogen-bond donors (Lipinski definition) is 2. The van der Waals surface area contributed by atoms with Gasteiger partial charge in [0.2, 0.25) is 5.91 Å². The highest BCUT2D eigenvalue weighted by atomic mass is 16.1. The molecule has 2 N–H and O–H groups in total. The quantitative estimate of drug-likeness (QED) is 0.858. The summed E-state index contributed by atoms with van der Waals surface area (Å²) in [6.07, 6.45) is 0. The van der Waals surface area contributed by atoms with E-state index in [1.54, 1.807) is 0 Å². The second-order valence-electron chi connectivity index (χ2n) is 6.53. The van der Waals surface area contributed by atoms with E-state index in [1.165, 1.54) is 5.56 Å². The molecule has 2 atom stereocenters. The van der Waals surface area contributed by atoms with Crippen molar-refractivity contribution in [2.75, 3.05) is 18.4 Å². The molecule has 0 radical (unpaired) electrons. The Morgan fingerprint density at radius 2 is 1.95 bits per heavy atom. The largest absolute Gasteiger partial charge is 0.326 e. The molecular formula is C16H24N2O. The molecule has 0 aromatic heterocycles. The third kappa shape index (κ3) is 3.16. The van der Waals surface area contributed by atoms with E-state index in [4.69, 9.17) is 0 Å². The average Bonchev–Trinajstić information content (AvgIpc) is 2.75. The molecule has 1 heterocycles. The molecule has 1 aliphatic rings. The third-order valence-corrected chi connectivity index (χ3v) is 3.85. The minimum atomic E-state index is 0.0312. The van der Waals surface area contributed by atoms with E-state index in [0.29, 0.717) is 5.92 Å². The maximum Gasteiger partial charge on any atom is 0.229 e. The van der Waals surface area contributed by atoms with E-state index in [-0.39, 0.29) is 17.2 Å². The lowest BCUT2D eigenvalue weighted by atomic mass is 9.85. The van der Waals surface area contributed by atoms with Crippen LogP contribution >= 0.6 is 0 Å². The zero-order valence-electron chi connectivity index (χ0n) is 12.3. The van der Waals surface area contributed by atoms with Gasteiger partial charge in [-0.2, -0.15) is 0 Å². The van der Waals surface area contributed by atoms with Gasteiger partial charge < -0.3 is 10.6 Å². The zero-order chi connectivity index (χ0) is 14.0. The van der Waals surface area contributed by atoms with Crippen LogP contribution in [0.3, 0.4) is 0 Å². The molecule has 1 aromatic rings. The van der Waals surface area contributed by atoms with Gasteiger partial charge in [-0.25, -0.2) is 0 Å². The highest BCUT2D eigenvalue weighted by Gasteiger charge is 2.30. The van der Waals surface area contributed by atoms with Crippen LogP contribution in [0.15, 0.2) is 24.3 Å². The first-order chi connectivity index (χ1) is 8.89. The molecule has 0 aliphatic carbocycles. The van der Waals surface area contributed by atoms with E-state index >= 15 is 0 Å². The Hall–Kier alpha value is -1.35. The summed E-state index contributed by atoms with van der Waals surface area (Å²) in [5.74, 6) is 0.615. The molecule has 1 aromatic carbocycles. The maximum absolute atomic E-state index is 12.4. The van der Waals surface area contributed by atoms with Gasteiger partial charge in [-0.15, -0.1) is 0 Å². The number of para-hydroxylation sites is 1. The fraction of sp³-hybridized carbons (Fsp3) is 0.562. The lowest BCUT2D eigenvalue weighted by Gasteiger charge is -2.24. The molecule has 0 bridgehead atoms. The number of hydrogen-bond acceptors (Lipinski definition) is 2. The first kappa shape index (κ1) is 14.1. The van der Waals surface area contributed by atoms with E-state index in [2.05, 4.69) is 44.4 Å². The van der Waals surface area contributed by atoms with E-state index < -0.39 is 0 Å². The van der Waals surface area contributed by atoms with Crippen molar-refractivity contribution in [3.05, 3.63) is 29.8 Å². The van der Waals surface area contributed by atoms with Crippen molar-refractivity contribution in [2.24, 2.45) is 11.8 Å². The van der Waals surface area contributed by atoms with Gasteiger partial charge in [0, 0.05) is 12.2 Å². The summed E-state index contributed by atoms with van der Waals surface area (Å²) in [7, 11) is 0. The number of amides is 1. The van der Waals surface area contributed by atoms with E-state index in [1.807, 2.05) is 18.2 Å². The molecule has 104 valence electrons. The van der Waals surface area contributed by atoms with Crippen LogP contribution in [0.25, 0.3) is 0 Å². The Balaban J connectivity index is 2.17. The zero-order valence-corrected chi connectivity index (χ0v) is 12.3. The SMILES string of the molecule is C[C@@H]1CNC[C@H]1C(=O)Nc1ccccc1C(C)(C)C. The van der Waals surface area contributed by atoms with Crippen molar-refractivity contribution in [2.45, 2.75) is 33.1 Å². The summed E-state index contributed by atoms with van der Waals surface area (Å²) in [6.45, 7) is 10.3. The molecule has 1 aliphatic heterocycles. The predicted octanol–water partition coefficient (Wildman–Crippen LogP) is 2.78. The molecule has 0 spiro atoms. The van der Waals surface area contributed by atoms with Crippen molar-refractivity contribution < 1.29 is 4.79 Å².